The van der Waals surface area contributed by atoms with Crippen LogP contribution in [0.25, 0.3) is 11.3 Å². The molecule has 0 radical (unpaired) electrons. The summed E-state index contributed by atoms with van der Waals surface area (Å²) < 4.78 is 5.88. The molecule has 0 fully saturated rings. The third-order valence-electron chi connectivity index (χ3n) is 3.48. The van der Waals surface area contributed by atoms with E-state index in [1.54, 1.807) is 12.1 Å². The fraction of sp³-hybridized carbons (Fsp3) is 0.368. The summed E-state index contributed by atoms with van der Waals surface area (Å²) in [5.41, 5.74) is 3.57. The molecule has 1 aromatic heterocycles. The normalized spacial score (nSPS) is 11.1. The Bertz CT molecular complexity index is 721. The summed E-state index contributed by atoms with van der Waals surface area (Å²) >= 11 is 0. The Balaban J connectivity index is 2.60. The lowest BCUT2D eigenvalue weighted by molar-refractivity contribution is 0.0694. The number of hydrogen-bond acceptors (Lipinski definition) is 3. The van der Waals surface area contributed by atoms with Gasteiger partial charge in [0.05, 0.1) is 23.1 Å². The van der Waals surface area contributed by atoms with Gasteiger partial charge in [0.25, 0.3) is 0 Å². The van der Waals surface area contributed by atoms with Crippen molar-refractivity contribution in [3.63, 3.8) is 0 Å². The molecule has 0 unspecified atom stereocenters. The van der Waals surface area contributed by atoms with Crippen LogP contribution in [0.1, 0.15) is 55.2 Å². The third kappa shape index (κ3) is 3.89. The summed E-state index contributed by atoms with van der Waals surface area (Å²) in [6.45, 7) is 9.85. The molecule has 0 atom stereocenters. The SMILES string of the molecule is Cc1ccc(OC(C)C)c(-c2ccc(C(=O)O)c(C(C)C)n2)c1. The molecule has 0 spiro atoms. The maximum absolute atomic E-state index is 11.4. The van der Waals surface area contributed by atoms with Crippen molar-refractivity contribution in [2.75, 3.05) is 0 Å². The molecule has 0 saturated carbocycles. The van der Waals surface area contributed by atoms with Crippen molar-refractivity contribution in [1.29, 1.82) is 0 Å². The first-order valence-corrected chi connectivity index (χ1v) is 7.81. The predicted octanol–water partition coefficient (Wildman–Crippen LogP) is 4.67. The summed E-state index contributed by atoms with van der Waals surface area (Å²) in [6.07, 6.45) is 0.0549. The first-order chi connectivity index (χ1) is 10.8. The van der Waals surface area contributed by atoms with Gasteiger partial charge in [-0.2, -0.15) is 0 Å². The number of aromatic nitrogens is 1. The zero-order valence-electron chi connectivity index (χ0n) is 14.3. The van der Waals surface area contributed by atoms with Crippen LogP contribution < -0.4 is 4.74 Å². The molecule has 23 heavy (non-hydrogen) atoms. The lowest BCUT2D eigenvalue weighted by Gasteiger charge is -2.16. The number of carboxylic acids is 1. The maximum atomic E-state index is 11.4. The minimum atomic E-state index is -0.948. The summed E-state index contributed by atoms with van der Waals surface area (Å²) in [5.74, 6) is -0.160. The molecule has 0 aliphatic carbocycles. The molecular weight excluding hydrogens is 290 g/mol. The Morgan fingerprint density at radius 2 is 1.83 bits per heavy atom. The lowest BCUT2D eigenvalue weighted by Crippen LogP contribution is -2.09. The molecule has 2 aromatic rings. The van der Waals surface area contributed by atoms with Crippen LogP contribution in [0.3, 0.4) is 0 Å². The van der Waals surface area contributed by atoms with E-state index >= 15 is 0 Å². The highest BCUT2D eigenvalue weighted by molar-refractivity contribution is 5.89. The van der Waals surface area contributed by atoms with Gasteiger partial charge in [0.2, 0.25) is 0 Å². The Morgan fingerprint density at radius 3 is 2.39 bits per heavy atom. The molecule has 0 saturated heterocycles. The molecule has 4 heteroatoms. The van der Waals surface area contributed by atoms with Crippen LogP contribution in [-0.2, 0) is 0 Å². The van der Waals surface area contributed by atoms with E-state index in [9.17, 15) is 9.90 Å². The molecule has 1 heterocycles. The van der Waals surface area contributed by atoms with E-state index in [1.165, 1.54) is 0 Å². The van der Waals surface area contributed by atoms with E-state index in [1.807, 2.05) is 52.8 Å². The van der Waals surface area contributed by atoms with Gasteiger partial charge in [0.15, 0.2) is 0 Å². The van der Waals surface area contributed by atoms with Gasteiger partial charge in [0.1, 0.15) is 5.75 Å². The van der Waals surface area contributed by atoms with E-state index in [0.717, 1.165) is 22.6 Å². The van der Waals surface area contributed by atoms with Crippen LogP contribution in [0.5, 0.6) is 5.75 Å². The summed E-state index contributed by atoms with van der Waals surface area (Å²) in [4.78, 5) is 16.0. The van der Waals surface area contributed by atoms with E-state index < -0.39 is 5.97 Å². The number of carbonyl (C=O) groups is 1. The Morgan fingerprint density at radius 1 is 1.13 bits per heavy atom. The van der Waals surface area contributed by atoms with Gasteiger partial charge in [0, 0.05) is 5.56 Å². The largest absolute Gasteiger partial charge is 0.490 e. The average molecular weight is 313 g/mol. The maximum Gasteiger partial charge on any atom is 0.337 e. The number of aryl methyl sites for hydroxylation is 1. The Labute approximate surface area is 137 Å². The molecular formula is C19H23NO3. The van der Waals surface area contributed by atoms with Gasteiger partial charge in [-0.3, -0.25) is 4.98 Å². The second-order valence-electron chi connectivity index (χ2n) is 6.26. The fourth-order valence-corrected chi connectivity index (χ4v) is 2.45. The van der Waals surface area contributed by atoms with Crippen molar-refractivity contribution < 1.29 is 14.6 Å². The highest BCUT2D eigenvalue weighted by atomic mass is 16.5. The zero-order valence-corrected chi connectivity index (χ0v) is 14.3. The van der Waals surface area contributed by atoms with Crippen LogP contribution in [0.2, 0.25) is 0 Å². The monoisotopic (exact) mass is 313 g/mol. The van der Waals surface area contributed by atoms with Crippen molar-refractivity contribution >= 4 is 5.97 Å². The van der Waals surface area contributed by atoms with Crippen LogP contribution in [0.15, 0.2) is 30.3 Å². The smallest absolute Gasteiger partial charge is 0.337 e. The minimum absolute atomic E-state index is 0.0281. The topological polar surface area (TPSA) is 59.4 Å². The summed E-state index contributed by atoms with van der Waals surface area (Å²) in [5, 5.41) is 9.33. The van der Waals surface area contributed by atoms with Crippen molar-refractivity contribution in [2.45, 2.75) is 46.6 Å². The number of hydrogen-bond donors (Lipinski definition) is 1. The average Bonchev–Trinajstić information content (AvgIpc) is 2.47. The number of ether oxygens (including phenoxy) is 1. The van der Waals surface area contributed by atoms with Gasteiger partial charge < -0.3 is 9.84 Å². The first-order valence-electron chi connectivity index (χ1n) is 7.81. The van der Waals surface area contributed by atoms with Crippen LogP contribution >= 0.6 is 0 Å². The quantitative estimate of drug-likeness (QED) is 0.871. The standard InChI is InChI=1S/C19H23NO3/c1-11(2)18-14(19(21)22)7-8-16(20-18)15-10-13(5)6-9-17(15)23-12(3)4/h6-12H,1-5H3,(H,21,22). The van der Waals surface area contributed by atoms with Gasteiger partial charge in [-0.1, -0.05) is 25.5 Å². The van der Waals surface area contributed by atoms with Crippen molar-refractivity contribution in [3.8, 4) is 17.0 Å². The van der Waals surface area contributed by atoms with Crippen LogP contribution in [-0.4, -0.2) is 22.2 Å². The van der Waals surface area contributed by atoms with Crippen molar-refractivity contribution in [1.82, 2.24) is 4.98 Å². The second-order valence-corrected chi connectivity index (χ2v) is 6.26. The van der Waals surface area contributed by atoms with E-state index in [4.69, 9.17) is 4.74 Å². The fourth-order valence-electron chi connectivity index (χ4n) is 2.45. The molecule has 0 bridgehead atoms. The molecule has 1 N–H and O–H groups in total. The van der Waals surface area contributed by atoms with Gasteiger partial charge in [-0.05, 0) is 51.0 Å². The van der Waals surface area contributed by atoms with E-state index in [-0.39, 0.29) is 17.6 Å². The van der Waals surface area contributed by atoms with Crippen molar-refractivity contribution in [2.24, 2.45) is 0 Å². The molecule has 122 valence electrons. The molecule has 2 rings (SSSR count). The lowest BCUT2D eigenvalue weighted by atomic mass is 10.0. The zero-order chi connectivity index (χ0) is 17.1. The third-order valence-corrected chi connectivity index (χ3v) is 3.48. The number of pyridine rings is 1. The number of nitrogens with zero attached hydrogens (tertiary/aromatic N) is 1. The number of rotatable bonds is 5. The van der Waals surface area contributed by atoms with Gasteiger partial charge in [-0.15, -0.1) is 0 Å². The molecule has 1 aromatic carbocycles. The highest BCUT2D eigenvalue weighted by Crippen LogP contribution is 2.32. The molecule has 0 aliphatic heterocycles. The Kier molecular flexibility index (Phi) is 5.04. The van der Waals surface area contributed by atoms with E-state index in [2.05, 4.69) is 4.98 Å². The molecule has 0 amide bonds. The van der Waals surface area contributed by atoms with Gasteiger partial charge >= 0.3 is 5.97 Å². The van der Waals surface area contributed by atoms with E-state index in [0.29, 0.717) is 5.69 Å². The van der Waals surface area contributed by atoms with Crippen LogP contribution in [0, 0.1) is 6.92 Å². The number of benzene rings is 1. The highest BCUT2D eigenvalue weighted by Gasteiger charge is 2.17. The summed E-state index contributed by atoms with van der Waals surface area (Å²) in [7, 11) is 0. The van der Waals surface area contributed by atoms with Crippen molar-refractivity contribution in [3.05, 3.63) is 47.2 Å². The number of aromatic carboxylic acids is 1. The van der Waals surface area contributed by atoms with Gasteiger partial charge in [-0.25, -0.2) is 4.79 Å². The second kappa shape index (κ2) is 6.82. The predicted molar refractivity (Wildman–Crippen MR) is 91.2 cm³/mol. The first kappa shape index (κ1) is 17.0. The minimum Gasteiger partial charge on any atom is -0.490 e. The molecule has 4 nitrogen and oxygen atoms in total. The Hall–Kier alpha value is -2.36. The number of carboxylic acid groups (broad SMARTS) is 1. The summed E-state index contributed by atoms with van der Waals surface area (Å²) in [6, 6.07) is 9.33. The van der Waals surface area contributed by atoms with Crippen LogP contribution in [0.4, 0.5) is 0 Å². The molecule has 0 aliphatic rings.